The number of hydrazine groups is 1. The molecule has 0 aromatic carbocycles. The Hall–Kier alpha value is -4.34. The van der Waals surface area contributed by atoms with Crippen molar-refractivity contribution in [3.63, 3.8) is 0 Å². The summed E-state index contributed by atoms with van der Waals surface area (Å²) >= 11 is 0. The fourth-order valence-electron chi connectivity index (χ4n) is 4.39. The van der Waals surface area contributed by atoms with E-state index in [0.29, 0.717) is 11.6 Å². The molecule has 3 aliphatic rings. The second-order valence-electron chi connectivity index (χ2n) is 8.58. The quantitative estimate of drug-likeness (QED) is 0.414. The monoisotopic (exact) mass is 441 g/mol. The third-order valence-electron chi connectivity index (χ3n) is 6.28. The highest BCUT2D eigenvalue weighted by Gasteiger charge is 2.44. The molecule has 1 aliphatic carbocycles. The molecule has 0 radical (unpaired) electrons. The topological polar surface area (TPSA) is 135 Å². The van der Waals surface area contributed by atoms with Gasteiger partial charge in [0, 0.05) is 55.8 Å². The number of hydrogen-bond acceptors (Lipinski definition) is 8. The molecule has 2 atom stereocenters. The van der Waals surface area contributed by atoms with E-state index in [1.54, 1.807) is 10.9 Å². The minimum absolute atomic E-state index is 0.0261. The predicted octanol–water partition coefficient (Wildman–Crippen LogP) is 1.85. The number of nitrogens with zero attached hydrogens (tertiary/aromatic N) is 4. The Kier molecular flexibility index (Phi) is 4.32. The van der Waals surface area contributed by atoms with Crippen LogP contribution < -0.4 is 27.2 Å². The summed E-state index contributed by atoms with van der Waals surface area (Å²) < 4.78 is 1.76. The number of nitrogens with one attached hydrogen (secondary N) is 4. The van der Waals surface area contributed by atoms with Crippen LogP contribution in [0.4, 0.5) is 11.6 Å². The van der Waals surface area contributed by atoms with E-state index in [2.05, 4.69) is 36.6 Å². The molecule has 0 spiro atoms. The van der Waals surface area contributed by atoms with E-state index in [0.717, 1.165) is 51.7 Å². The van der Waals surface area contributed by atoms with Crippen LogP contribution in [0.15, 0.2) is 60.6 Å². The van der Waals surface area contributed by atoms with Crippen LogP contribution in [-0.2, 0) is 11.8 Å². The van der Waals surface area contributed by atoms with E-state index in [1.807, 2.05) is 50.2 Å². The van der Waals surface area contributed by atoms with E-state index < -0.39 is 0 Å². The maximum Gasteiger partial charge on any atom is 0.229 e. The Morgan fingerprint density at radius 1 is 1.18 bits per heavy atom. The van der Waals surface area contributed by atoms with E-state index in [4.69, 9.17) is 5.73 Å². The molecule has 2 aliphatic heterocycles. The first-order valence-electron chi connectivity index (χ1n) is 10.8. The van der Waals surface area contributed by atoms with Crippen molar-refractivity contribution in [2.75, 3.05) is 11.1 Å². The lowest BCUT2D eigenvalue weighted by atomic mass is 9.97. The van der Waals surface area contributed by atoms with Crippen LogP contribution in [0, 0.1) is 5.92 Å². The van der Waals surface area contributed by atoms with Crippen molar-refractivity contribution >= 4 is 33.9 Å². The van der Waals surface area contributed by atoms with Crippen molar-refractivity contribution < 1.29 is 4.79 Å². The number of aryl methyl sites for hydroxylation is 1. The first-order valence-corrected chi connectivity index (χ1v) is 10.8. The minimum Gasteiger partial charge on any atom is -0.383 e. The third-order valence-corrected chi connectivity index (χ3v) is 6.28. The summed E-state index contributed by atoms with van der Waals surface area (Å²) in [6.07, 6.45) is 12.7. The Morgan fingerprint density at radius 3 is 2.91 bits per heavy atom. The molecule has 0 unspecified atom stereocenters. The first kappa shape index (κ1) is 19.4. The van der Waals surface area contributed by atoms with Gasteiger partial charge in [-0.1, -0.05) is 0 Å². The van der Waals surface area contributed by atoms with Crippen molar-refractivity contribution in [2.24, 2.45) is 13.0 Å². The number of aromatic nitrogens is 4. The molecule has 3 aromatic heterocycles. The van der Waals surface area contributed by atoms with Gasteiger partial charge in [-0.15, -0.1) is 0 Å². The number of pyridine rings is 2. The summed E-state index contributed by atoms with van der Waals surface area (Å²) in [5.74, 6) is 1.05. The number of carbonyl (C=O) groups excluding carboxylic acids is 1. The summed E-state index contributed by atoms with van der Waals surface area (Å²) in [6, 6.07) is 3.83. The van der Waals surface area contributed by atoms with Gasteiger partial charge < -0.3 is 27.2 Å². The van der Waals surface area contributed by atoms with Gasteiger partial charge in [-0.05, 0) is 46.6 Å². The van der Waals surface area contributed by atoms with Gasteiger partial charge >= 0.3 is 0 Å². The van der Waals surface area contributed by atoms with Crippen molar-refractivity contribution in [3.8, 4) is 0 Å². The largest absolute Gasteiger partial charge is 0.383 e. The molecule has 6 rings (SSSR count). The number of allylic oxidation sites excluding steroid dienone is 2. The van der Waals surface area contributed by atoms with Gasteiger partial charge in [0.1, 0.15) is 11.6 Å². The third kappa shape index (κ3) is 3.55. The number of anilines is 2. The van der Waals surface area contributed by atoms with Crippen LogP contribution in [0.25, 0.3) is 16.3 Å². The highest BCUT2D eigenvalue weighted by molar-refractivity contribution is 5.98. The highest BCUT2D eigenvalue weighted by atomic mass is 16.2. The molecule has 0 saturated heterocycles. The summed E-state index contributed by atoms with van der Waals surface area (Å²) in [5.41, 5.74) is 17.3. The van der Waals surface area contributed by atoms with Crippen molar-refractivity contribution in [1.29, 1.82) is 0 Å². The van der Waals surface area contributed by atoms with Crippen molar-refractivity contribution in [3.05, 3.63) is 71.9 Å². The minimum atomic E-state index is -0.0580. The summed E-state index contributed by atoms with van der Waals surface area (Å²) in [5, 5.41) is 12.1. The zero-order valence-electron chi connectivity index (χ0n) is 18.0. The maximum atomic E-state index is 12.8. The highest BCUT2D eigenvalue weighted by Crippen LogP contribution is 2.47. The van der Waals surface area contributed by atoms with Crippen LogP contribution in [0.3, 0.4) is 0 Å². The van der Waals surface area contributed by atoms with E-state index in [-0.39, 0.29) is 17.7 Å². The number of fused-ring (bicyclic) bond motifs is 2. The molecule has 3 aromatic rings. The van der Waals surface area contributed by atoms with Crippen molar-refractivity contribution in [2.45, 2.75) is 18.8 Å². The average molecular weight is 441 g/mol. The van der Waals surface area contributed by atoms with Gasteiger partial charge in [-0.25, -0.2) is 9.97 Å². The van der Waals surface area contributed by atoms with E-state index in [1.165, 1.54) is 0 Å². The molecular weight excluding hydrogens is 418 g/mol. The Morgan fingerprint density at radius 2 is 2.06 bits per heavy atom. The molecule has 0 bridgehead atoms. The fourth-order valence-corrected chi connectivity index (χ4v) is 4.39. The average Bonchev–Trinajstić information content (AvgIpc) is 3.52. The number of hydrogen-bond donors (Lipinski definition) is 5. The Balaban J connectivity index is 1.24. The van der Waals surface area contributed by atoms with E-state index >= 15 is 0 Å². The number of nitrogens with two attached hydrogens (primary N) is 1. The zero-order chi connectivity index (χ0) is 22.5. The van der Waals surface area contributed by atoms with Gasteiger partial charge in [0.25, 0.3) is 0 Å². The van der Waals surface area contributed by atoms with E-state index in [9.17, 15) is 4.79 Å². The number of rotatable bonds is 4. The second-order valence-corrected chi connectivity index (χ2v) is 8.58. The molecule has 33 heavy (non-hydrogen) atoms. The standard InChI is InChI=1S/C23H23N9O/c1-32-11-15(8-29-32)16-5-17(16)23(33)31-21-4-12-3-19(30-22(24)18(12)9-26-21)13-2-14-7-27-28-10-20(14)25-6-13/h3-4,6-11,16-17,25,27-28H,2,5H2,1H3,(H2,24,30)(H,26,31,33)/t16-,17+/m1/s1. The molecule has 1 fully saturated rings. The fraction of sp³-hybridized carbons (Fsp3) is 0.217. The normalized spacial score (nSPS) is 20.9. The van der Waals surface area contributed by atoms with Gasteiger partial charge in [0.05, 0.1) is 17.6 Å². The van der Waals surface area contributed by atoms with Crippen LogP contribution in [0.1, 0.15) is 30.0 Å². The van der Waals surface area contributed by atoms with Gasteiger partial charge in [-0.3, -0.25) is 9.48 Å². The summed E-state index contributed by atoms with van der Waals surface area (Å²) in [4.78, 5) is 21.7. The second kappa shape index (κ2) is 7.37. The lowest BCUT2D eigenvalue weighted by Crippen LogP contribution is -2.30. The van der Waals surface area contributed by atoms with Crippen LogP contribution in [0.2, 0.25) is 0 Å². The lowest BCUT2D eigenvalue weighted by Gasteiger charge is -2.24. The molecule has 1 saturated carbocycles. The van der Waals surface area contributed by atoms with Crippen LogP contribution >= 0.6 is 0 Å². The maximum absolute atomic E-state index is 12.8. The molecule has 5 heterocycles. The smallest absolute Gasteiger partial charge is 0.229 e. The molecule has 10 nitrogen and oxygen atoms in total. The number of nitrogen functional groups attached to an aromatic ring is 1. The van der Waals surface area contributed by atoms with Crippen LogP contribution in [0.5, 0.6) is 0 Å². The predicted molar refractivity (Wildman–Crippen MR) is 125 cm³/mol. The zero-order valence-corrected chi connectivity index (χ0v) is 18.0. The SMILES string of the molecule is Cn1cc([C@H]2C[C@@H]2C(=O)Nc2cc3cc(C4=CNC5=CNNC=C5C4)nc(N)c3cn2)cn1. The summed E-state index contributed by atoms with van der Waals surface area (Å²) in [6.45, 7) is 0. The van der Waals surface area contributed by atoms with Crippen LogP contribution in [-0.4, -0.2) is 25.7 Å². The Labute approximate surface area is 189 Å². The molecular formula is C23H23N9O. The molecule has 10 heteroatoms. The molecule has 1 amide bonds. The number of amides is 1. The van der Waals surface area contributed by atoms with Gasteiger partial charge in [0.2, 0.25) is 5.91 Å². The Bertz CT molecular complexity index is 1380. The molecule has 6 N–H and O–H groups in total. The van der Waals surface area contributed by atoms with Crippen molar-refractivity contribution in [1.82, 2.24) is 35.9 Å². The first-order chi connectivity index (χ1) is 16.0. The number of carbonyl (C=O) groups is 1. The summed E-state index contributed by atoms with van der Waals surface area (Å²) in [7, 11) is 1.88. The lowest BCUT2D eigenvalue weighted by molar-refractivity contribution is -0.117. The van der Waals surface area contributed by atoms with Gasteiger partial charge in [0.15, 0.2) is 0 Å². The molecule has 166 valence electrons. The van der Waals surface area contributed by atoms with Gasteiger partial charge in [-0.2, -0.15) is 5.10 Å².